The molecule has 1 fully saturated rings. The van der Waals surface area contributed by atoms with Gasteiger partial charge in [0, 0.05) is 50.0 Å². The molecule has 9 heteroatoms. The molecule has 190 valence electrons. The van der Waals surface area contributed by atoms with Gasteiger partial charge in [0.2, 0.25) is 11.8 Å². The molecule has 8 nitrogen and oxygen atoms in total. The van der Waals surface area contributed by atoms with E-state index in [9.17, 15) is 9.59 Å². The molecule has 0 saturated carbocycles. The fourth-order valence-corrected chi connectivity index (χ4v) is 4.84. The number of carbonyl (C=O) groups excluding carboxylic acids is 2. The van der Waals surface area contributed by atoms with E-state index in [4.69, 9.17) is 0 Å². The highest BCUT2D eigenvalue weighted by atomic mass is 32.2. The highest BCUT2D eigenvalue weighted by molar-refractivity contribution is 7.99. The maximum Gasteiger partial charge on any atom is 0.234 e. The fraction of sp³-hybridized carbons (Fsp3) is 0.538. The number of anilines is 3. The Hall–Kier alpha value is -2.81. The first kappa shape index (κ1) is 26.8. The molecule has 3 rings (SSSR count). The minimum Gasteiger partial charge on any atom is -0.372 e. The van der Waals surface area contributed by atoms with E-state index < -0.39 is 0 Å². The normalized spacial score (nSPS) is 14.0. The Morgan fingerprint density at radius 1 is 1.09 bits per heavy atom. The van der Waals surface area contributed by atoms with Crippen LogP contribution >= 0.6 is 11.8 Å². The van der Waals surface area contributed by atoms with Gasteiger partial charge in [-0.15, -0.1) is 10.2 Å². The molecule has 1 aliphatic heterocycles. The molecule has 0 unspecified atom stereocenters. The maximum absolute atomic E-state index is 12.5. The number of hydrogen-bond donors (Lipinski definition) is 2. The van der Waals surface area contributed by atoms with Gasteiger partial charge in [0.05, 0.1) is 5.75 Å². The number of rotatable bonds is 11. The van der Waals surface area contributed by atoms with E-state index >= 15 is 0 Å². The Labute approximate surface area is 213 Å². The van der Waals surface area contributed by atoms with Crippen LogP contribution in [-0.2, 0) is 9.59 Å². The van der Waals surface area contributed by atoms with Crippen molar-refractivity contribution in [1.82, 2.24) is 15.5 Å². The molecule has 35 heavy (non-hydrogen) atoms. The molecule has 0 spiro atoms. The quantitative estimate of drug-likeness (QED) is 0.451. The van der Waals surface area contributed by atoms with E-state index in [1.54, 1.807) is 0 Å². The zero-order chi connectivity index (χ0) is 25.2. The van der Waals surface area contributed by atoms with Crippen LogP contribution in [0.2, 0.25) is 0 Å². The number of aryl methyl sites for hydroxylation is 1. The van der Waals surface area contributed by atoms with E-state index in [-0.39, 0.29) is 23.5 Å². The lowest BCUT2D eigenvalue weighted by Crippen LogP contribution is -2.41. The molecule has 2 amide bonds. The topological polar surface area (TPSA) is 90.5 Å². The second-order valence-corrected chi connectivity index (χ2v) is 9.79. The Morgan fingerprint density at radius 3 is 2.43 bits per heavy atom. The average molecular weight is 499 g/mol. The van der Waals surface area contributed by atoms with Crippen molar-refractivity contribution in [3.63, 3.8) is 0 Å². The van der Waals surface area contributed by atoms with Crippen LogP contribution in [0.4, 0.5) is 17.2 Å². The number of piperidine rings is 1. The summed E-state index contributed by atoms with van der Waals surface area (Å²) in [6.07, 6.45) is 2.60. The number of nitrogens with one attached hydrogen (secondary N) is 2. The zero-order valence-corrected chi connectivity index (χ0v) is 22.2. The Kier molecular flexibility index (Phi) is 10.2. The number of carbonyl (C=O) groups is 2. The third kappa shape index (κ3) is 7.59. The Morgan fingerprint density at radius 2 is 1.83 bits per heavy atom. The standard InChI is InChI=1S/C26H38N6O2S/c1-5-14-27-26(34)20-12-15-32(16-13-20)23-10-11-25(30-29-23)35-18-24(33)28-22-9-8-21(17-19(22)4)31(6-2)7-3/h8-11,17,20H,5-7,12-16,18H2,1-4H3,(H,27,34)(H,28,33). The van der Waals surface area contributed by atoms with E-state index in [2.05, 4.69) is 57.5 Å². The molecule has 2 aromatic rings. The Bertz CT molecular complexity index is 972. The Balaban J connectivity index is 1.46. The van der Waals surface area contributed by atoms with Gasteiger partial charge in [-0.2, -0.15) is 0 Å². The maximum atomic E-state index is 12.5. The zero-order valence-electron chi connectivity index (χ0n) is 21.3. The first-order valence-corrected chi connectivity index (χ1v) is 13.6. The van der Waals surface area contributed by atoms with Crippen LogP contribution in [0.25, 0.3) is 0 Å². The number of hydrogen-bond acceptors (Lipinski definition) is 7. The molecule has 0 atom stereocenters. The molecule has 0 radical (unpaired) electrons. The number of benzene rings is 1. The van der Waals surface area contributed by atoms with Crippen LogP contribution < -0.4 is 20.4 Å². The number of nitrogens with zero attached hydrogens (tertiary/aromatic N) is 4. The van der Waals surface area contributed by atoms with Crippen LogP contribution in [0.5, 0.6) is 0 Å². The van der Waals surface area contributed by atoms with Gasteiger partial charge in [0.1, 0.15) is 5.03 Å². The van der Waals surface area contributed by atoms with Gasteiger partial charge < -0.3 is 20.4 Å². The minimum absolute atomic E-state index is 0.0667. The molecule has 2 heterocycles. The highest BCUT2D eigenvalue weighted by Crippen LogP contribution is 2.25. The van der Waals surface area contributed by atoms with Gasteiger partial charge in [0.25, 0.3) is 0 Å². The monoisotopic (exact) mass is 498 g/mol. The van der Waals surface area contributed by atoms with E-state index in [1.165, 1.54) is 17.4 Å². The van der Waals surface area contributed by atoms with Gasteiger partial charge in [-0.05, 0) is 75.9 Å². The second kappa shape index (κ2) is 13.3. The van der Waals surface area contributed by atoms with E-state index in [0.29, 0.717) is 5.03 Å². The van der Waals surface area contributed by atoms with Crippen molar-refractivity contribution < 1.29 is 9.59 Å². The first-order valence-electron chi connectivity index (χ1n) is 12.6. The van der Waals surface area contributed by atoms with Crippen molar-refractivity contribution in [2.75, 3.05) is 53.6 Å². The summed E-state index contributed by atoms with van der Waals surface area (Å²) < 4.78 is 0. The largest absolute Gasteiger partial charge is 0.372 e. The molecule has 0 aliphatic carbocycles. The molecular weight excluding hydrogens is 460 g/mol. The van der Waals surface area contributed by atoms with Gasteiger partial charge in [-0.3, -0.25) is 9.59 Å². The molecule has 0 bridgehead atoms. The molecule has 1 aromatic carbocycles. The van der Waals surface area contributed by atoms with Crippen molar-refractivity contribution in [2.24, 2.45) is 5.92 Å². The van der Waals surface area contributed by atoms with Crippen LogP contribution in [0.1, 0.15) is 45.6 Å². The lowest BCUT2D eigenvalue weighted by molar-refractivity contribution is -0.125. The van der Waals surface area contributed by atoms with Gasteiger partial charge in [0.15, 0.2) is 5.82 Å². The van der Waals surface area contributed by atoms with Gasteiger partial charge in [-0.1, -0.05) is 18.7 Å². The number of amides is 2. The summed E-state index contributed by atoms with van der Waals surface area (Å²) in [5, 5.41) is 15.4. The molecule has 1 aliphatic rings. The average Bonchev–Trinajstić information content (AvgIpc) is 2.88. The van der Waals surface area contributed by atoms with Gasteiger partial charge >= 0.3 is 0 Å². The molecular formula is C26H38N6O2S. The molecule has 1 aromatic heterocycles. The summed E-state index contributed by atoms with van der Waals surface area (Å²) in [5.41, 5.74) is 3.04. The lowest BCUT2D eigenvalue weighted by Gasteiger charge is -2.31. The smallest absolute Gasteiger partial charge is 0.234 e. The molecule has 1 saturated heterocycles. The minimum atomic E-state index is -0.0667. The van der Waals surface area contributed by atoms with Crippen LogP contribution in [-0.4, -0.2) is 60.5 Å². The van der Waals surface area contributed by atoms with Gasteiger partial charge in [-0.25, -0.2) is 0 Å². The second-order valence-electron chi connectivity index (χ2n) is 8.79. The van der Waals surface area contributed by atoms with Crippen molar-refractivity contribution in [3.8, 4) is 0 Å². The van der Waals surface area contributed by atoms with E-state index in [1.807, 2.05) is 31.2 Å². The summed E-state index contributed by atoms with van der Waals surface area (Å²) in [4.78, 5) is 29.1. The van der Waals surface area contributed by atoms with Crippen LogP contribution in [0.15, 0.2) is 35.4 Å². The third-order valence-electron chi connectivity index (χ3n) is 6.33. The van der Waals surface area contributed by atoms with Crippen molar-refractivity contribution >= 4 is 40.8 Å². The fourth-order valence-electron chi connectivity index (χ4n) is 4.22. The predicted octanol–water partition coefficient (Wildman–Crippen LogP) is 4.10. The van der Waals surface area contributed by atoms with Crippen LogP contribution in [0, 0.1) is 12.8 Å². The summed E-state index contributed by atoms with van der Waals surface area (Å²) in [6.45, 7) is 12.6. The first-order chi connectivity index (χ1) is 16.9. The summed E-state index contributed by atoms with van der Waals surface area (Å²) in [5.74, 6) is 1.26. The molecule has 2 N–H and O–H groups in total. The highest BCUT2D eigenvalue weighted by Gasteiger charge is 2.25. The summed E-state index contributed by atoms with van der Waals surface area (Å²) in [6, 6.07) is 9.98. The van der Waals surface area contributed by atoms with Crippen molar-refractivity contribution in [3.05, 3.63) is 35.9 Å². The van der Waals surface area contributed by atoms with Crippen molar-refractivity contribution in [1.29, 1.82) is 0 Å². The predicted molar refractivity (Wildman–Crippen MR) is 144 cm³/mol. The number of aromatic nitrogens is 2. The van der Waals surface area contributed by atoms with Crippen LogP contribution in [0.3, 0.4) is 0 Å². The SMILES string of the molecule is CCCNC(=O)C1CCN(c2ccc(SCC(=O)Nc3ccc(N(CC)CC)cc3C)nn2)CC1. The summed E-state index contributed by atoms with van der Waals surface area (Å²) >= 11 is 1.37. The third-order valence-corrected chi connectivity index (χ3v) is 7.25. The lowest BCUT2D eigenvalue weighted by atomic mass is 9.96. The number of thioether (sulfide) groups is 1. The van der Waals surface area contributed by atoms with Crippen molar-refractivity contribution in [2.45, 2.75) is 52.0 Å². The van der Waals surface area contributed by atoms with E-state index in [0.717, 1.165) is 69.1 Å². The summed E-state index contributed by atoms with van der Waals surface area (Å²) in [7, 11) is 0.